The van der Waals surface area contributed by atoms with Crippen molar-refractivity contribution in [3.05, 3.63) is 55.2 Å². The first-order valence-corrected chi connectivity index (χ1v) is 4.37. The Hall–Kier alpha value is -1.83. The van der Waals surface area contributed by atoms with E-state index in [2.05, 4.69) is 12.1 Å². The monoisotopic (exact) mass is 184 g/mol. The Bertz CT molecular complexity index is 412. The van der Waals surface area contributed by atoms with Crippen LogP contribution in [-0.4, -0.2) is 5.16 Å². The quantitative estimate of drug-likeness (QED) is 0.716. The van der Waals surface area contributed by atoms with Crippen molar-refractivity contribution in [3.8, 4) is 11.3 Å². The van der Waals surface area contributed by atoms with Crippen LogP contribution in [0.25, 0.3) is 17.3 Å². The normalized spacial score (nSPS) is 10.9. The Labute approximate surface area is 82.9 Å². The van der Waals surface area contributed by atoms with Gasteiger partial charge in [0.2, 0.25) is 0 Å². The standard InChI is InChI=1S/C12H10NO/c1-2-3-10-4-6-11(7-5-10)12-8-9-14-13-12/h2-9H,1H2/b3-2+. The van der Waals surface area contributed by atoms with E-state index < -0.39 is 0 Å². The van der Waals surface area contributed by atoms with E-state index in [1.807, 2.05) is 36.4 Å². The van der Waals surface area contributed by atoms with Gasteiger partial charge in [0.25, 0.3) is 0 Å². The van der Waals surface area contributed by atoms with Crippen molar-refractivity contribution in [1.82, 2.24) is 5.16 Å². The third-order valence-corrected chi connectivity index (χ3v) is 1.95. The molecule has 0 spiro atoms. The molecule has 0 saturated carbocycles. The van der Waals surface area contributed by atoms with Crippen LogP contribution in [0.4, 0.5) is 0 Å². The lowest BCUT2D eigenvalue weighted by Crippen LogP contribution is -1.77. The summed E-state index contributed by atoms with van der Waals surface area (Å²) >= 11 is 0. The van der Waals surface area contributed by atoms with E-state index in [0.29, 0.717) is 0 Å². The molecule has 0 saturated heterocycles. The fourth-order valence-corrected chi connectivity index (χ4v) is 1.26. The van der Waals surface area contributed by atoms with Gasteiger partial charge in [-0.25, -0.2) is 0 Å². The first kappa shape index (κ1) is 8.75. The molecule has 0 fully saturated rings. The molecule has 0 N–H and O–H groups in total. The van der Waals surface area contributed by atoms with Gasteiger partial charge in [0, 0.05) is 11.6 Å². The summed E-state index contributed by atoms with van der Waals surface area (Å²) in [4.78, 5) is 0. The maximum Gasteiger partial charge on any atom is 0.124 e. The number of hydrogen-bond donors (Lipinski definition) is 0. The zero-order valence-corrected chi connectivity index (χ0v) is 7.68. The summed E-state index contributed by atoms with van der Waals surface area (Å²) in [6.07, 6.45) is 5.29. The molecule has 0 atom stereocenters. The van der Waals surface area contributed by atoms with Crippen molar-refractivity contribution in [1.29, 1.82) is 0 Å². The lowest BCUT2D eigenvalue weighted by molar-refractivity contribution is 0.422. The smallest absolute Gasteiger partial charge is 0.124 e. The largest absolute Gasteiger partial charge is 0.364 e. The summed E-state index contributed by atoms with van der Waals surface area (Å²) in [5.41, 5.74) is 3.04. The Morgan fingerprint density at radius 2 is 1.93 bits per heavy atom. The summed E-state index contributed by atoms with van der Waals surface area (Å²) in [7, 11) is 0. The van der Waals surface area contributed by atoms with Gasteiger partial charge in [0.1, 0.15) is 12.0 Å². The van der Waals surface area contributed by atoms with E-state index >= 15 is 0 Å². The van der Waals surface area contributed by atoms with Gasteiger partial charge in [-0.15, -0.1) is 0 Å². The highest BCUT2D eigenvalue weighted by Gasteiger charge is 1.99. The fourth-order valence-electron chi connectivity index (χ4n) is 1.26. The average molecular weight is 184 g/mol. The molecule has 0 amide bonds. The van der Waals surface area contributed by atoms with Crippen LogP contribution in [-0.2, 0) is 0 Å². The molecular formula is C12H10NO. The summed E-state index contributed by atoms with van der Waals surface area (Å²) in [5, 5.41) is 3.86. The van der Waals surface area contributed by atoms with E-state index in [-0.39, 0.29) is 0 Å². The maximum absolute atomic E-state index is 4.77. The predicted octanol–water partition coefficient (Wildman–Crippen LogP) is 3.19. The van der Waals surface area contributed by atoms with Gasteiger partial charge in [-0.3, -0.25) is 0 Å². The van der Waals surface area contributed by atoms with Gasteiger partial charge in [-0.1, -0.05) is 41.6 Å². The van der Waals surface area contributed by atoms with Crippen molar-refractivity contribution in [3.63, 3.8) is 0 Å². The van der Waals surface area contributed by atoms with Crippen LogP contribution in [0, 0.1) is 6.92 Å². The molecule has 2 heteroatoms. The minimum absolute atomic E-state index is 0.857. The second kappa shape index (κ2) is 3.92. The predicted molar refractivity (Wildman–Crippen MR) is 56.3 cm³/mol. The lowest BCUT2D eigenvalue weighted by Gasteiger charge is -1.96. The molecule has 1 radical (unpaired) electrons. The molecule has 2 aromatic rings. The van der Waals surface area contributed by atoms with Gasteiger partial charge >= 0.3 is 0 Å². The highest BCUT2D eigenvalue weighted by atomic mass is 16.5. The summed E-state index contributed by atoms with van der Waals surface area (Å²) < 4.78 is 4.77. The van der Waals surface area contributed by atoms with E-state index in [0.717, 1.165) is 16.8 Å². The van der Waals surface area contributed by atoms with Crippen LogP contribution in [0.5, 0.6) is 0 Å². The van der Waals surface area contributed by atoms with Crippen LogP contribution in [0.1, 0.15) is 5.56 Å². The van der Waals surface area contributed by atoms with Gasteiger partial charge in [-0.05, 0) is 12.5 Å². The maximum atomic E-state index is 4.77. The van der Waals surface area contributed by atoms with Gasteiger partial charge < -0.3 is 4.52 Å². The Balaban J connectivity index is 2.31. The van der Waals surface area contributed by atoms with Crippen LogP contribution in [0.15, 0.2) is 47.2 Å². The van der Waals surface area contributed by atoms with Crippen molar-refractivity contribution in [2.75, 3.05) is 0 Å². The number of benzene rings is 1. The topological polar surface area (TPSA) is 26.0 Å². The Kier molecular flexibility index (Phi) is 2.45. The van der Waals surface area contributed by atoms with Crippen LogP contribution in [0.3, 0.4) is 0 Å². The molecule has 2 nitrogen and oxygen atoms in total. The molecule has 0 aliphatic rings. The van der Waals surface area contributed by atoms with Crippen LogP contribution >= 0.6 is 0 Å². The van der Waals surface area contributed by atoms with Crippen LogP contribution in [0.2, 0.25) is 0 Å². The highest BCUT2D eigenvalue weighted by Crippen LogP contribution is 2.17. The van der Waals surface area contributed by atoms with E-state index in [1.165, 1.54) is 0 Å². The second-order valence-electron chi connectivity index (χ2n) is 2.91. The molecular weight excluding hydrogens is 174 g/mol. The van der Waals surface area contributed by atoms with Gasteiger partial charge in [-0.2, -0.15) is 0 Å². The zero-order chi connectivity index (χ0) is 9.80. The summed E-state index contributed by atoms with van der Waals surface area (Å²) in [5.74, 6) is 0. The first-order chi connectivity index (χ1) is 6.90. The Morgan fingerprint density at radius 1 is 1.14 bits per heavy atom. The molecule has 0 bridgehead atoms. The van der Waals surface area contributed by atoms with Crippen molar-refractivity contribution in [2.45, 2.75) is 0 Å². The molecule has 1 aromatic heterocycles. The molecule has 1 heterocycles. The number of hydrogen-bond acceptors (Lipinski definition) is 2. The van der Waals surface area contributed by atoms with E-state index in [4.69, 9.17) is 4.52 Å². The number of nitrogens with zero attached hydrogens (tertiary/aromatic N) is 1. The lowest BCUT2D eigenvalue weighted by atomic mass is 10.1. The number of allylic oxidation sites excluding steroid dienone is 1. The SMILES string of the molecule is [CH2]/C=C/c1ccc(-c2ccon2)cc1. The summed E-state index contributed by atoms with van der Waals surface area (Å²) in [6, 6.07) is 9.89. The van der Waals surface area contributed by atoms with Crippen molar-refractivity contribution in [2.24, 2.45) is 0 Å². The van der Waals surface area contributed by atoms with Crippen molar-refractivity contribution >= 4 is 6.08 Å². The number of rotatable bonds is 2. The third-order valence-electron chi connectivity index (χ3n) is 1.95. The Morgan fingerprint density at radius 3 is 2.50 bits per heavy atom. The molecule has 0 unspecified atom stereocenters. The minimum atomic E-state index is 0.857. The third kappa shape index (κ3) is 1.74. The van der Waals surface area contributed by atoms with Crippen LogP contribution < -0.4 is 0 Å². The van der Waals surface area contributed by atoms with Crippen molar-refractivity contribution < 1.29 is 4.52 Å². The van der Waals surface area contributed by atoms with Gasteiger partial charge in [0.15, 0.2) is 0 Å². The molecule has 2 rings (SSSR count). The second-order valence-corrected chi connectivity index (χ2v) is 2.91. The zero-order valence-electron chi connectivity index (χ0n) is 7.68. The molecule has 14 heavy (non-hydrogen) atoms. The molecule has 69 valence electrons. The van der Waals surface area contributed by atoms with Gasteiger partial charge in [0.05, 0.1) is 0 Å². The fraction of sp³-hybridized carbons (Fsp3) is 0. The summed E-state index contributed by atoms with van der Waals surface area (Å²) in [6.45, 7) is 3.65. The average Bonchev–Trinajstić information content (AvgIpc) is 2.72. The van der Waals surface area contributed by atoms with E-state index in [9.17, 15) is 0 Å². The highest BCUT2D eigenvalue weighted by molar-refractivity contribution is 5.61. The van der Waals surface area contributed by atoms with E-state index in [1.54, 1.807) is 12.3 Å². The first-order valence-electron chi connectivity index (χ1n) is 4.37. The number of aromatic nitrogens is 1. The minimum Gasteiger partial charge on any atom is -0.364 e. The molecule has 0 aliphatic heterocycles. The molecule has 0 aliphatic carbocycles. The molecule has 1 aromatic carbocycles.